The van der Waals surface area contributed by atoms with Crippen LogP contribution in [0.5, 0.6) is 0 Å². The Morgan fingerprint density at radius 2 is 2.33 bits per heavy atom. The molecule has 1 aromatic heterocycles. The van der Waals surface area contributed by atoms with Gasteiger partial charge < -0.3 is 5.32 Å². The first-order chi connectivity index (χ1) is 7.12. The lowest BCUT2D eigenvalue weighted by atomic mass is 10.4. The van der Waals surface area contributed by atoms with Crippen LogP contribution in [0.15, 0.2) is 22.8 Å². The maximum absolute atomic E-state index is 11.4. The lowest BCUT2D eigenvalue weighted by Gasteiger charge is -2.13. The summed E-state index contributed by atoms with van der Waals surface area (Å²) in [5, 5.41) is 3.23. The van der Waals surface area contributed by atoms with Crippen molar-refractivity contribution in [2.75, 3.05) is 18.1 Å². The molecule has 82 valence electrons. The predicted octanol–water partition coefficient (Wildman–Crippen LogP) is 2.17. The first-order valence-electron chi connectivity index (χ1n) is 4.81. The smallest absolute Gasteiger partial charge is 0.126 e. The summed E-state index contributed by atoms with van der Waals surface area (Å²) in [7, 11) is -0.742. The Labute approximate surface area is 100 Å². The largest absolute Gasteiger partial charge is 0.369 e. The number of rotatable bonds is 4. The molecule has 0 saturated heterocycles. The van der Waals surface area contributed by atoms with E-state index in [0.29, 0.717) is 0 Å². The molecule has 1 aliphatic carbocycles. The molecular formula is C10H13BrN2OS. The molecule has 15 heavy (non-hydrogen) atoms. The molecule has 5 heteroatoms. The van der Waals surface area contributed by atoms with E-state index in [9.17, 15) is 4.21 Å². The number of nitrogens with one attached hydrogen (secondary N) is 1. The van der Waals surface area contributed by atoms with E-state index in [1.54, 1.807) is 12.5 Å². The van der Waals surface area contributed by atoms with Crippen molar-refractivity contribution >= 4 is 32.5 Å². The van der Waals surface area contributed by atoms with Crippen LogP contribution in [0.1, 0.15) is 12.8 Å². The van der Waals surface area contributed by atoms with Gasteiger partial charge in [0.05, 0.1) is 4.75 Å². The van der Waals surface area contributed by atoms with Gasteiger partial charge in [-0.25, -0.2) is 4.98 Å². The number of anilines is 1. The summed E-state index contributed by atoms with van der Waals surface area (Å²) in [6.45, 7) is 0.755. The summed E-state index contributed by atoms with van der Waals surface area (Å²) in [5.41, 5.74) is 0. The molecule has 0 aliphatic heterocycles. The Kier molecular flexibility index (Phi) is 3.11. The fourth-order valence-corrected chi connectivity index (χ4v) is 2.62. The minimum atomic E-state index is -0.742. The number of aromatic nitrogens is 1. The summed E-state index contributed by atoms with van der Waals surface area (Å²) >= 11 is 3.33. The molecule has 0 spiro atoms. The van der Waals surface area contributed by atoms with Crippen LogP contribution >= 0.6 is 15.9 Å². The predicted molar refractivity (Wildman–Crippen MR) is 66.5 cm³/mol. The highest BCUT2D eigenvalue weighted by Gasteiger charge is 2.46. The minimum absolute atomic E-state index is 0.00868. The van der Waals surface area contributed by atoms with Gasteiger partial charge in [-0.1, -0.05) is 0 Å². The van der Waals surface area contributed by atoms with Gasteiger partial charge in [0, 0.05) is 34.3 Å². The van der Waals surface area contributed by atoms with E-state index in [2.05, 4.69) is 26.2 Å². The highest BCUT2D eigenvalue weighted by Crippen LogP contribution is 2.40. The third-order valence-corrected chi connectivity index (χ3v) is 4.98. The number of nitrogens with zero attached hydrogens (tertiary/aromatic N) is 1. The van der Waals surface area contributed by atoms with Gasteiger partial charge in [-0.2, -0.15) is 0 Å². The molecule has 1 aliphatic rings. The van der Waals surface area contributed by atoms with E-state index in [-0.39, 0.29) is 4.75 Å². The lowest BCUT2D eigenvalue weighted by molar-refractivity contribution is 0.674. The van der Waals surface area contributed by atoms with Crippen LogP contribution in [0.2, 0.25) is 0 Å². The van der Waals surface area contributed by atoms with E-state index in [0.717, 1.165) is 29.7 Å². The van der Waals surface area contributed by atoms with Crippen molar-refractivity contribution in [3.05, 3.63) is 22.8 Å². The topological polar surface area (TPSA) is 42.0 Å². The normalized spacial score (nSPS) is 19.6. The number of halogens is 1. The van der Waals surface area contributed by atoms with E-state index < -0.39 is 10.8 Å². The maximum Gasteiger partial charge on any atom is 0.126 e. The van der Waals surface area contributed by atoms with Crippen LogP contribution < -0.4 is 5.32 Å². The Morgan fingerprint density at radius 1 is 1.60 bits per heavy atom. The van der Waals surface area contributed by atoms with E-state index >= 15 is 0 Å². The average molecular weight is 289 g/mol. The first-order valence-corrected chi connectivity index (χ1v) is 7.16. The van der Waals surface area contributed by atoms with Gasteiger partial charge in [-0.15, -0.1) is 0 Å². The van der Waals surface area contributed by atoms with Crippen LogP contribution in [0.25, 0.3) is 0 Å². The minimum Gasteiger partial charge on any atom is -0.369 e. The standard InChI is InChI=1S/C10H13BrN2OS/c1-15(14)10(4-5-10)7-13-9-3-2-8(11)6-12-9/h2-3,6H,4-5,7H2,1H3,(H,12,13). The molecule has 1 unspecified atom stereocenters. The van der Waals surface area contributed by atoms with Gasteiger partial charge in [-0.3, -0.25) is 4.21 Å². The average Bonchev–Trinajstić information content (AvgIpc) is 2.98. The SMILES string of the molecule is CS(=O)C1(CNc2ccc(Br)cn2)CC1. The lowest BCUT2D eigenvalue weighted by Crippen LogP contribution is -2.26. The zero-order valence-corrected chi connectivity index (χ0v) is 10.9. The molecule has 1 atom stereocenters. The molecule has 1 aromatic rings. The second-order valence-corrected chi connectivity index (χ2v) is 6.54. The monoisotopic (exact) mass is 288 g/mol. The fraction of sp³-hybridized carbons (Fsp3) is 0.500. The van der Waals surface area contributed by atoms with Crippen LogP contribution in [-0.4, -0.2) is 26.7 Å². The molecule has 1 fully saturated rings. The molecule has 1 N–H and O–H groups in total. The Hall–Kier alpha value is -0.420. The van der Waals surface area contributed by atoms with E-state index in [1.165, 1.54) is 0 Å². The highest BCUT2D eigenvalue weighted by atomic mass is 79.9. The third kappa shape index (κ3) is 2.58. The zero-order chi connectivity index (χ0) is 10.9. The van der Waals surface area contributed by atoms with E-state index in [1.807, 2.05) is 12.1 Å². The van der Waals surface area contributed by atoms with Gasteiger partial charge >= 0.3 is 0 Å². The zero-order valence-electron chi connectivity index (χ0n) is 8.50. The van der Waals surface area contributed by atoms with Gasteiger partial charge in [0.15, 0.2) is 0 Å². The highest BCUT2D eigenvalue weighted by molar-refractivity contribution is 9.10. The molecule has 0 aromatic carbocycles. The number of hydrogen-bond donors (Lipinski definition) is 1. The van der Waals surface area contributed by atoms with Crippen molar-refractivity contribution in [3.8, 4) is 0 Å². The summed E-state index contributed by atoms with van der Waals surface area (Å²) in [6.07, 6.45) is 5.65. The summed E-state index contributed by atoms with van der Waals surface area (Å²) in [6, 6.07) is 3.86. The van der Waals surface area contributed by atoms with Crippen LogP contribution in [-0.2, 0) is 10.8 Å². The van der Waals surface area contributed by atoms with Crippen molar-refractivity contribution in [1.82, 2.24) is 4.98 Å². The van der Waals surface area contributed by atoms with Gasteiger partial charge in [0.1, 0.15) is 5.82 Å². The Morgan fingerprint density at radius 3 is 2.80 bits per heavy atom. The number of pyridine rings is 1. The fourth-order valence-electron chi connectivity index (χ4n) is 1.44. The first kappa shape index (κ1) is 11.1. The third-order valence-electron chi connectivity index (χ3n) is 2.74. The number of hydrogen-bond acceptors (Lipinski definition) is 3. The van der Waals surface area contributed by atoms with E-state index in [4.69, 9.17) is 0 Å². The maximum atomic E-state index is 11.4. The van der Waals surface area contributed by atoms with Gasteiger partial charge in [0.25, 0.3) is 0 Å². The van der Waals surface area contributed by atoms with Crippen molar-refractivity contribution in [1.29, 1.82) is 0 Å². The molecule has 0 radical (unpaired) electrons. The molecule has 3 nitrogen and oxygen atoms in total. The molecule has 0 amide bonds. The van der Waals surface area contributed by atoms with Crippen molar-refractivity contribution in [2.24, 2.45) is 0 Å². The van der Waals surface area contributed by atoms with Crippen molar-refractivity contribution in [2.45, 2.75) is 17.6 Å². The summed E-state index contributed by atoms with van der Waals surface area (Å²) in [4.78, 5) is 4.21. The Balaban J connectivity index is 1.94. The molecule has 0 bridgehead atoms. The molecule has 2 rings (SSSR count). The molecular weight excluding hydrogens is 276 g/mol. The Bertz CT molecular complexity index is 376. The summed E-state index contributed by atoms with van der Waals surface area (Å²) in [5.74, 6) is 0.843. The quantitative estimate of drug-likeness (QED) is 0.923. The van der Waals surface area contributed by atoms with Crippen LogP contribution in [0.3, 0.4) is 0 Å². The van der Waals surface area contributed by atoms with Gasteiger partial charge in [-0.05, 0) is 40.9 Å². The second-order valence-electron chi connectivity index (χ2n) is 3.85. The van der Waals surface area contributed by atoms with Crippen LogP contribution in [0, 0.1) is 0 Å². The van der Waals surface area contributed by atoms with Crippen LogP contribution in [0.4, 0.5) is 5.82 Å². The van der Waals surface area contributed by atoms with Gasteiger partial charge in [0.2, 0.25) is 0 Å². The van der Waals surface area contributed by atoms with Crippen molar-refractivity contribution in [3.63, 3.8) is 0 Å². The summed E-state index contributed by atoms with van der Waals surface area (Å²) < 4.78 is 12.4. The molecule has 1 saturated carbocycles. The molecule has 1 heterocycles. The second kappa shape index (κ2) is 4.22. The van der Waals surface area contributed by atoms with Crippen molar-refractivity contribution < 1.29 is 4.21 Å².